The zero-order valence-corrected chi connectivity index (χ0v) is 10.6. The Hall–Kier alpha value is 0. The predicted molar refractivity (Wildman–Crippen MR) is 64.4 cm³/mol. The fourth-order valence-electron chi connectivity index (χ4n) is 3.23. The lowest BCUT2D eigenvalue weighted by atomic mass is 9.65. The first kappa shape index (κ1) is 12.1. The molecule has 0 aromatic rings. The fraction of sp³-hybridized carbons (Fsp3) is 1.00. The predicted octanol–water partition coefficient (Wildman–Crippen LogP) is 5.03. The number of rotatable bonds is 4. The molecule has 0 nitrogen and oxygen atoms in total. The molecule has 1 rings (SSSR count). The van der Waals surface area contributed by atoms with Crippen molar-refractivity contribution in [2.75, 3.05) is 0 Å². The molecule has 0 heteroatoms. The van der Waals surface area contributed by atoms with Crippen molar-refractivity contribution >= 4 is 0 Å². The molecule has 1 aliphatic rings. The van der Waals surface area contributed by atoms with Crippen LogP contribution in [0, 0.1) is 17.3 Å². The molecule has 0 spiro atoms. The van der Waals surface area contributed by atoms with Gasteiger partial charge in [-0.2, -0.15) is 0 Å². The minimum absolute atomic E-state index is 0.736. The van der Waals surface area contributed by atoms with Crippen molar-refractivity contribution in [1.29, 1.82) is 0 Å². The topological polar surface area (TPSA) is 0 Å². The third-order valence-corrected chi connectivity index (χ3v) is 4.56. The smallest absolute Gasteiger partial charge is 0.0300 e. The molecule has 1 saturated carbocycles. The molecule has 0 aromatic carbocycles. The Morgan fingerprint density at radius 2 is 1.71 bits per heavy atom. The van der Waals surface area contributed by atoms with Crippen molar-refractivity contribution < 1.29 is 0 Å². The summed E-state index contributed by atoms with van der Waals surface area (Å²) in [7, 11) is 0. The molecular weight excluding hydrogens is 168 g/mol. The van der Waals surface area contributed by atoms with Crippen LogP contribution in [-0.4, -0.2) is 0 Å². The van der Waals surface area contributed by atoms with E-state index >= 15 is 0 Å². The normalized spacial score (nSPS) is 33.6. The van der Waals surface area contributed by atoms with Crippen LogP contribution >= 0.6 is 0 Å². The summed E-state index contributed by atoms with van der Waals surface area (Å²) in [4.78, 5) is 0. The van der Waals surface area contributed by atoms with E-state index in [1.54, 1.807) is 0 Å². The van der Waals surface area contributed by atoms with Crippen LogP contribution in [0.15, 0.2) is 0 Å². The van der Waals surface area contributed by atoms with Gasteiger partial charge < -0.3 is 0 Å². The van der Waals surface area contributed by atoms with E-state index in [1.165, 1.54) is 44.9 Å². The Balaban J connectivity index is 2.46. The van der Waals surface area contributed by atoms with E-state index in [9.17, 15) is 0 Å². The van der Waals surface area contributed by atoms with Gasteiger partial charge in [-0.05, 0) is 49.4 Å². The maximum Gasteiger partial charge on any atom is -0.0300 e. The van der Waals surface area contributed by atoms with Gasteiger partial charge in [0, 0.05) is 0 Å². The summed E-state index contributed by atoms with van der Waals surface area (Å²) in [6.45, 7) is 9.52. The third kappa shape index (κ3) is 2.74. The van der Waals surface area contributed by atoms with Gasteiger partial charge in [-0.1, -0.05) is 40.5 Å². The van der Waals surface area contributed by atoms with E-state index in [-0.39, 0.29) is 0 Å². The van der Waals surface area contributed by atoms with Gasteiger partial charge in [0.15, 0.2) is 0 Å². The lowest BCUT2D eigenvalue weighted by Crippen LogP contribution is -2.28. The summed E-state index contributed by atoms with van der Waals surface area (Å²) in [5.74, 6) is 1.93. The zero-order valence-electron chi connectivity index (χ0n) is 10.6. The third-order valence-electron chi connectivity index (χ3n) is 4.56. The van der Waals surface area contributed by atoms with E-state index in [4.69, 9.17) is 0 Å². The lowest BCUT2D eigenvalue weighted by Gasteiger charge is -2.41. The number of hydrogen-bond donors (Lipinski definition) is 0. The van der Waals surface area contributed by atoms with Crippen LogP contribution in [-0.2, 0) is 0 Å². The van der Waals surface area contributed by atoms with Crippen molar-refractivity contribution in [2.45, 2.75) is 72.6 Å². The summed E-state index contributed by atoms with van der Waals surface area (Å²) < 4.78 is 0. The molecule has 0 aromatic heterocycles. The molecule has 0 atom stereocenters. The molecule has 0 amide bonds. The first-order valence-corrected chi connectivity index (χ1v) is 6.63. The molecule has 0 heterocycles. The highest BCUT2D eigenvalue weighted by molar-refractivity contribution is 4.85. The molecule has 14 heavy (non-hydrogen) atoms. The highest BCUT2D eigenvalue weighted by Gasteiger charge is 2.33. The van der Waals surface area contributed by atoms with Gasteiger partial charge in [0.2, 0.25) is 0 Å². The molecule has 0 saturated heterocycles. The summed E-state index contributed by atoms with van der Waals surface area (Å²) in [6, 6.07) is 0. The highest BCUT2D eigenvalue weighted by Crippen LogP contribution is 2.46. The van der Waals surface area contributed by atoms with Crippen LogP contribution in [0.5, 0.6) is 0 Å². The average molecular weight is 196 g/mol. The molecule has 0 radical (unpaired) electrons. The van der Waals surface area contributed by atoms with Crippen LogP contribution in [0.3, 0.4) is 0 Å². The van der Waals surface area contributed by atoms with Crippen LogP contribution in [0.4, 0.5) is 0 Å². The Morgan fingerprint density at radius 3 is 2.07 bits per heavy atom. The van der Waals surface area contributed by atoms with Crippen molar-refractivity contribution in [2.24, 2.45) is 17.3 Å². The van der Waals surface area contributed by atoms with Gasteiger partial charge in [0.1, 0.15) is 0 Å². The second-order valence-electron chi connectivity index (χ2n) is 5.69. The van der Waals surface area contributed by atoms with E-state index < -0.39 is 0 Å². The second kappa shape index (κ2) is 5.19. The standard InChI is InChI=1S/C14H28/c1-5-9-14(6-2)10-7-13(8-11-14)12(3)4/h12-13H,5-11H2,1-4H3. The Kier molecular flexibility index (Phi) is 4.47. The van der Waals surface area contributed by atoms with Crippen LogP contribution in [0.2, 0.25) is 0 Å². The van der Waals surface area contributed by atoms with Gasteiger partial charge >= 0.3 is 0 Å². The quantitative estimate of drug-likeness (QED) is 0.591. The minimum Gasteiger partial charge on any atom is -0.0654 e. The summed E-state index contributed by atoms with van der Waals surface area (Å²) in [5, 5.41) is 0. The maximum atomic E-state index is 2.39. The van der Waals surface area contributed by atoms with E-state index in [0.29, 0.717) is 0 Å². The molecule has 0 bridgehead atoms. The zero-order chi connectivity index (χ0) is 10.6. The lowest BCUT2D eigenvalue weighted by molar-refractivity contribution is 0.110. The van der Waals surface area contributed by atoms with Crippen LogP contribution in [0.1, 0.15) is 72.6 Å². The molecule has 84 valence electrons. The van der Waals surface area contributed by atoms with Crippen LogP contribution in [0.25, 0.3) is 0 Å². The van der Waals surface area contributed by atoms with E-state index in [0.717, 1.165) is 17.3 Å². The summed E-state index contributed by atoms with van der Waals surface area (Å²) in [5.41, 5.74) is 0.736. The van der Waals surface area contributed by atoms with Crippen molar-refractivity contribution in [3.63, 3.8) is 0 Å². The van der Waals surface area contributed by atoms with Crippen molar-refractivity contribution in [3.8, 4) is 0 Å². The monoisotopic (exact) mass is 196 g/mol. The molecule has 1 fully saturated rings. The molecular formula is C14H28. The van der Waals surface area contributed by atoms with Gasteiger partial charge in [-0.15, -0.1) is 0 Å². The summed E-state index contributed by atoms with van der Waals surface area (Å²) in [6.07, 6.45) is 10.2. The first-order chi connectivity index (χ1) is 6.63. The Morgan fingerprint density at radius 1 is 1.14 bits per heavy atom. The average Bonchev–Trinajstić information content (AvgIpc) is 2.19. The van der Waals surface area contributed by atoms with Gasteiger partial charge in [0.05, 0.1) is 0 Å². The highest BCUT2D eigenvalue weighted by atomic mass is 14.4. The van der Waals surface area contributed by atoms with Crippen molar-refractivity contribution in [1.82, 2.24) is 0 Å². The second-order valence-corrected chi connectivity index (χ2v) is 5.69. The van der Waals surface area contributed by atoms with Gasteiger partial charge in [-0.25, -0.2) is 0 Å². The van der Waals surface area contributed by atoms with Gasteiger partial charge in [0.25, 0.3) is 0 Å². The Labute approximate surface area is 90.5 Å². The van der Waals surface area contributed by atoms with E-state index in [1.807, 2.05) is 0 Å². The minimum atomic E-state index is 0.736. The van der Waals surface area contributed by atoms with Crippen LogP contribution < -0.4 is 0 Å². The summed E-state index contributed by atoms with van der Waals surface area (Å²) >= 11 is 0. The molecule has 0 unspecified atom stereocenters. The SMILES string of the molecule is CCCC1(CC)CCC(C(C)C)CC1. The molecule has 0 aliphatic heterocycles. The first-order valence-electron chi connectivity index (χ1n) is 6.63. The number of hydrogen-bond acceptors (Lipinski definition) is 0. The molecule has 0 N–H and O–H groups in total. The Bertz CT molecular complexity index is 149. The largest absolute Gasteiger partial charge is 0.0654 e. The molecule has 1 aliphatic carbocycles. The van der Waals surface area contributed by atoms with E-state index in [2.05, 4.69) is 27.7 Å². The van der Waals surface area contributed by atoms with Gasteiger partial charge in [-0.3, -0.25) is 0 Å². The maximum absolute atomic E-state index is 2.39. The fourth-order valence-corrected chi connectivity index (χ4v) is 3.23. The van der Waals surface area contributed by atoms with Crippen molar-refractivity contribution in [3.05, 3.63) is 0 Å².